The van der Waals surface area contributed by atoms with Crippen LogP contribution in [0.5, 0.6) is 0 Å². The number of aromatic nitrogens is 5. The lowest BCUT2D eigenvalue weighted by Crippen LogP contribution is -2.48. The van der Waals surface area contributed by atoms with E-state index in [9.17, 15) is 4.79 Å². The van der Waals surface area contributed by atoms with Gasteiger partial charge >= 0.3 is 0 Å². The number of nitrogens with one attached hydrogen (secondary N) is 1. The normalized spacial score (nSPS) is 17.4. The molecule has 1 atom stereocenters. The van der Waals surface area contributed by atoms with Gasteiger partial charge in [-0.05, 0) is 74.7 Å². The molecule has 0 aliphatic carbocycles. The first-order valence-electron chi connectivity index (χ1n) is 11.1. The summed E-state index contributed by atoms with van der Waals surface area (Å²) >= 11 is 0. The monoisotopic (exact) mass is 423 g/mol. The van der Waals surface area contributed by atoms with Gasteiger partial charge in [0.2, 0.25) is 0 Å². The second kappa shape index (κ2) is 8.16. The van der Waals surface area contributed by atoms with E-state index < -0.39 is 0 Å². The molecule has 0 amide bonds. The van der Waals surface area contributed by atoms with Crippen LogP contribution in [0.15, 0.2) is 23.0 Å². The number of benzene rings is 1. The highest BCUT2D eigenvalue weighted by Crippen LogP contribution is 2.31. The van der Waals surface area contributed by atoms with Crippen LogP contribution in [0, 0.1) is 13.8 Å². The highest BCUT2D eigenvalue weighted by atomic mass is 16.1. The maximum Gasteiger partial charge on any atom is 0.253 e. The van der Waals surface area contributed by atoms with Crippen molar-refractivity contribution < 1.29 is 0 Å². The van der Waals surface area contributed by atoms with Gasteiger partial charge in [-0.1, -0.05) is 18.6 Å². The van der Waals surface area contributed by atoms with E-state index >= 15 is 0 Å². The molecule has 31 heavy (non-hydrogen) atoms. The van der Waals surface area contributed by atoms with E-state index in [4.69, 9.17) is 0 Å². The number of H-pyrrole nitrogens is 1. The second-order valence-electron chi connectivity index (χ2n) is 9.46. The molecular weight excluding hydrogens is 390 g/mol. The lowest BCUT2D eigenvalue weighted by molar-refractivity contribution is 0.117. The van der Waals surface area contributed by atoms with E-state index in [0.29, 0.717) is 5.56 Å². The van der Waals surface area contributed by atoms with Crippen LogP contribution in [0.1, 0.15) is 55.7 Å². The van der Waals surface area contributed by atoms with Gasteiger partial charge in [0.05, 0.1) is 11.1 Å². The van der Waals surface area contributed by atoms with Crippen molar-refractivity contribution >= 4 is 10.9 Å². The van der Waals surface area contributed by atoms with Gasteiger partial charge in [-0.15, -0.1) is 5.10 Å². The van der Waals surface area contributed by atoms with Crippen molar-refractivity contribution in [3.05, 3.63) is 51.1 Å². The predicted molar refractivity (Wildman–Crippen MR) is 122 cm³/mol. The Hall–Kier alpha value is -2.58. The Morgan fingerprint density at radius 2 is 1.84 bits per heavy atom. The van der Waals surface area contributed by atoms with Gasteiger partial charge < -0.3 is 9.88 Å². The average Bonchev–Trinajstić information content (AvgIpc) is 3.21. The maximum absolute atomic E-state index is 13.4. The molecule has 166 valence electrons. The fourth-order valence-electron chi connectivity index (χ4n) is 4.43. The molecule has 1 saturated heterocycles. The Morgan fingerprint density at radius 3 is 2.52 bits per heavy atom. The fourth-order valence-corrected chi connectivity index (χ4v) is 4.43. The number of tetrazole rings is 1. The standard InChI is InChI=1S/C23H33N7O/c1-7-23(4,5)30-21(25-26-27-30)20(29-10-8-28(6)9-11-29)18-14-17-13-15(2)12-16(3)19(17)24-22(18)31/h12-14,20H,7-11H2,1-6H3,(H,24,31)/t20-/m1/s1. The predicted octanol–water partition coefficient (Wildman–Crippen LogP) is 2.61. The van der Waals surface area contributed by atoms with E-state index in [0.717, 1.165) is 54.9 Å². The number of nitrogens with zero attached hydrogens (tertiary/aromatic N) is 6. The first kappa shape index (κ1) is 21.6. The van der Waals surface area contributed by atoms with Crippen molar-refractivity contribution in [3.63, 3.8) is 0 Å². The number of fused-ring (bicyclic) bond motifs is 1. The minimum atomic E-state index is -0.302. The van der Waals surface area contributed by atoms with Crippen LogP contribution in [-0.2, 0) is 5.54 Å². The molecule has 3 heterocycles. The largest absolute Gasteiger partial charge is 0.321 e. The van der Waals surface area contributed by atoms with E-state index in [1.807, 2.05) is 17.7 Å². The number of rotatable bonds is 5. The summed E-state index contributed by atoms with van der Waals surface area (Å²) in [5, 5.41) is 13.9. The van der Waals surface area contributed by atoms with Gasteiger partial charge in [-0.25, -0.2) is 4.68 Å². The lowest BCUT2D eigenvalue weighted by atomic mass is 9.98. The molecule has 0 radical (unpaired) electrons. The third kappa shape index (κ3) is 4.02. The number of hydrogen-bond donors (Lipinski definition) is 1. The van der Waals surface area contributed by atoms with E-state index in [1.54, 1.807) is 0 Å². The second-order valence-corrected chi connectivity index (χ2v) is 9.46. The van der Waals surface area contributed by atoms with E-state index in [-0.39, 0.29) is 17.1 Å². The van der Waals surface area contributed by atoms with Crippen molar-refractivity contribution in [2.45, 2.75) is 52.6 Å². The average molecular weight is 424 g/mol. The van der Waals surface area contributed by atoms with Crippen LogP contribution in [0.25, 0.3) is 10.9 Å². The summed E-state index contributed by atoms with van der Waals surface area (Å²) in [6, 6.07) is 5.96. The summed E-state index contributed by atoms with van der Waals surface area (Å²) in [6.45, 7) is 14.1. The Balaban J connectivity index is 1.92. The van der Waals surface area contributed by atoms with Crippen LogP contribution in [0.2, 0.25) is 0 Å². The van der Waals surface area contributed by atoms with Crippen LogP contribution in [0.3, 0.4) is 0 Å². The Bertz CT molecular complexity index is 1140. The fraction of sp³-hybridized carbons (Fsp3) is 0.565. The molecule has 3 aromatic rings. The SMILES string of the molecule is CCC(C)(C)n1nnnc1[C@@H](c1cc2cc(C)cc(C)c2[nH]c1=O)N1CCN(C)CC1. The molecule has 1 N–H and O–H groups in total. The van der Waals surface area contributed by atoms with Crippen molar-refractivity contribution in [3.8, 4) is 0 Å². The van der Waals surface area contributed by atoms with Gasteiger partial charge in [0, 0.05) is 31.7 Å². The molecular formula is C23H33N7O. The minimum Gasteiger partial charge on any atom is -0.321 e. The lowest BCUT2D eigenvalue weighted by Gasteiger charge is -2.38. The van der Waals surface area contributed by atoms with Crippen molar-refractivity contribution in [1.29, 1.82) is 0 Å². The quantitative estimate of drug-likeness (QED) is 0.679. The van der Waals surface area contributed by atoms with Crippen LogP contribution < -0.4 is 5.56 Å². The molecule has 1 fully saturated rings. The Labute approximate surface area is 183 Å². The molecule has 0 unspecified atom stereocenters. The van der Waals surface area contributed by atoms with Crippen LogP contribution in [0.4, 0.5) is 0 Å². The topological polar surface area (TPSA) is 82.9 Å². The minimum absolute atomic E-state index is 0.0766. The number of aryl methyl sites for hydroxylation is 2. The summed E-state index contributed by atoms with van der Waals surface area (Å²) in [6.07, 6.45) is 0.882. The van der Waals surface area contributed by atoms with Crippen LogP contribution >= 0.6 is 0 Å². The van der Waals surface area contributed by atoms with Gasteiger partial charge in [-0.3, -0.25) is 9.69 Å². The van der Waals surface area contributed by atoms with E-state index in [1.165, 1.54) is 5.56 Å². The third-order valence-corrected chi connectivity index (χ3v) is 6.70. The molecule has 1 aromatic carbocycles. The summed E-state index contributed by atoms with van der Waals surface area (Å²) in [5.74, 6) is 0.727. The molecule has 1 aliphatic rings. The van der Waals surface area contributed by atoms with E-state index in [2.05, 4.69) is 77.2 Å². The Morgan fingerprint density at radius 1 is 1.13 bits per heavy atom. The summed E-state index contributed by atoms with van der Waals surface area (Å²) < 4.78 is 1.90. The number of piperazine rings is 1. The van der Waals surface area contributed by atoms with Gasteiger partial charge in [0.15, 0.2) is 5.82 Å². The Kier molecular flexibility index (Phi) is 5.70. The molecule has 4 rings (SSSR count). The zero-order valence-corrected chi connectivity index (χ0v) is 19.4. The smallest absolute Gasteiger partial charge is 0.253 e. The zero-order chi connectivity index (χ0) is 22.3. The third-order valence-electron chi connectivity index (χ3n) is 6.70. The molecule has 8 heteroatoms. The summed E-state index contributed by atoms with van der Waals surface area (Å²) in [4.78, 5) is 21.2. The number of hydrogen-bond acceptors (Lipinski definition) is 6. The first-order chi connectivity index (χ1) is 14.7. The molecule has 2 aromatic heterocycles. The van der Waals surface area contributed by atoms with Crippen molar-refractivity contribution in [2.75, 3.05) is 33.2 Å². The summed E-state index contributed by atoms with van der Waals surface area (Å²) in [7, 11) is 2.13. The summed E-state index contributed by atoms with van der Waals surface area (Å²) in [5.41, 5.74) is 3.52. The molecule has 0 spiro atoms. The number of likely N-dealkylation sites (N-methyl/N-ethyl adjacent to an activating group) is 1. The molecule has 1 aliphatic heterocycles. The number of pyridine rings is 1. The maximum atomic E-state index is 13.4. The number of aromatic amines is 1. The van der Waals surface area contributed by atoms with Gasteiger partial charge in [-0.2, -0.15) is 0 Å². The highest BCUT2D eigenvalue weighted by Gasteiger charge is 2.35. The van der Waals surface area contributed by atoms with Gasteiger partial charge in [0.25, 0.3) is 5.56 Å². The first-order valence-corrected chi connectivity index (χ1v) is 11.1. The van der Waals surface area contributed by atoms with Crippen LogP contribution in [-0.4, -0.2) is 68.2 Å². The van der Waals surface area contributed by atoms with Crippen molar-refractivity contribution in [2.24, 2.45) is 0 Å². The molecule has 0 bridgehead atoms. The molecule has 0 saturated carbocycles. The zero-order valence-electron chi connectivity index (χ0n) is 19.4. The highest BCUT2D eigenvalue weighted by molar-refractivity contribution is 5.83. The van der Waals surface area contributed by atoms with Crippen molar-refractivity contribution in [1.82, 2.24) is 35.0 Å². The van der Waals surface area contributed by atoms with Gasteiger partial charge in [0.1, 0.15) is 6.04 Å². The molecule has 8 nitrogen and oxygen atoms in total.